The molecule has 0 spiro atoms. The molecule has 2 N–H and O–H groups in total. The van der Waals surface area contributed by atoms with Gasteiger partial charge in [-0.1, -0.05) is 24.6 Å². The highest BCUT2D eigenvalue weighted by Gasteiger charge is 2.16. The summed E-state index contributed by atoms with van der Waals surface area (Å²) in [5, 5.41) is 10.7. The summed E-state index contributed by atoms with van der Waals surface area (Å²) in [4.78, 5) is 14.1. The molecule has 0 saturated carbocycles. The van der Waals surface area contributed by atoms with Crippen LogP contribution in [0.3, 0.4) is 0 Å². The lowest BCUT2D eigenvalue weighted by Gasteiger charge is -2.16. The van der Waals surface area contributed by atoms with E-state index in [2.05, 4.69) is 4.98 Å². The van der Waals surface area contributed by atoms with Gasteiger partial charge < -0.3 is 14.8 Å². The maximum Gasteiger partial charge on any atom is 0.248 e. The Hall–Kier alpha value is -1.78. The maximum absolute atomic E-state index is 11.6. The Balaban J connectivity index is 2.71. The van der Waals surface area contributed by atoms with E-state index < -0.39 is 6.10 Å². The van der Waals surface area contributed by atoms with Crippen LogP contribution >= 0.6 is 11.6 Å². The van der Waals surface area contributed by atoms with Crippen molar-refractivity contribution >= 4 is 11.6 Å². The fourth-order valence-corrected chi connectivity index (χ4v) is 2.28. The van der Waals surface area contributed by atoms with Crippen LogP contribution in [0, 0.1) is 0 Å². The predicted octanol–water partition coefficient (Wildman–Crippen LogP) is 3.15. The second kappa shape index (κ2) is 6.11. The first kappa shape index (κ1) is 14.6. The van der Waals surface area contributed by atoms with Crippen molar-refractivity contribution in [3.8, 4) is 16.9 Å². The molecule has 1 aromatic heterocycles. The van der Waals surface area contributed by atoms with E-state index in [1.54, 1.807) is 18.2 Å². The van der Waals surface area contributed by atoms with Crippen LogP contribution in [0.25, 0.3) is 11.1 Å². The third-order valence-electron chi connectivity index (χ3n) is 3.16. The highest BCUT2D eigenvalue weighted by Crippen LogP contribution is 2.36. The van der Waals surface area contributed by atoms with Gasteiger partial charge in [-0.25, -0.2) is 0 Å². The second-order valence-electron chi connectivity index (χ2n) is 4.43. The van der Waals surface area contributed by atoms with Crippen LogP contribution in [-0.4, -0.2) is 17.2 Å². The Morgan fingerprint density at radius 3 is 2.75 bits per heavy atom. The van der Waals surface area contributed by atoms with Crippen LogP contribution in [0.15, 0.2) is 35.3 Å². The van der Waals surface area contributed by atoms with Gasteiger partial charge in [0.05, 0.1) is 13.2 Å². The minimum Gasteiger partial charge on any atom is -0.495 e. The zero-order valence-electron chi connectivity index (χ0n) is 11.3. The quantitative estimate of drug-likeness (QED) is 0.910. The zero-order chi connectivity index (χ0) is 14.7. The largest absolute Gasteiger partial charge is 0.495 e. The van der Waals surface area contributed by atoms with E-state index in [-0.39, 0.29) is 5.56 Å². The monoisotopic (exact) mass is 293 g/mol. The van der Waals surface area contributed by atoms with E-state index >= 15 is 0 Å². The number of rotatable bonds is 4. The van der Waals surface area contributed by atoms with Gasteiger partial charge in [0, 0.05) is 22.8 Å². The van der Waals surface area contributed by atoms with Crippen molar-refractivity contribution in [1.29, 1.82) is 0 Å². The standard InChI is InChI=1S/C15H16ClNO3/c1-3-13(18)10-5-4-9(16)6-11(10)12-7-15(19)17-8-14(12)20-2/h4-8,13,18H,3H2,1-2H3,(H,17,19). The lowest BCUT2D eigenvalue weighted by molar-refractivity contribution is 0.174. The summed E-state index contributed by atoms with van der Waals surface area (Å²) in [5.41, 5.74) is 1.80. The number of nitrogens with one attached hydrogen (secondary N) is 1. The molecular weight excluding hydrogens is 278 g/mol. The summed E-state index contributed by atoms with van der Waals surface area (Å²) >= 11 is 6.04. The third-order valence-corrected chi connectivity index (χ3v) is 3.39. The second-order valence-corrected chi connectivity index (χ2v) is 4.87. The van der Waals surface area contributed by atoms with Crippen LogP contribution in [0.1, 0.15) is 25.0 Å². The molecule has 0 bridgehead atoms. The molecule has 0 saturated heterocycles. The van der Waals surface area contributed by atoms with Crippen molar-refractivity contribution in [2.45, 2.75) is 19.4 Å². The highest BCUT2D eigenvalue weighted by molar-refractivity contribution is 6.30. The maximum atomic E-state index is 11.6. The number of aliphatic hydroxyl groups is 1. The van der Waals surface area contributed by atoms with E-state index in [9.17, 15) is 9.90 Å². The Kier molecular flexibility index (Phi) is 4.47. The van der Waals surface area contributed by atoms with E-state index in [1.165, 1.54) is 19.4 Å². The smallest absolute Gasteiger partial charge is 0.248 e. The van der Waals surface area contributed by atoms with Gasteiger partial charge in [-0.2, -0.15) is 0 Å². The Labute approximate surface area is 122 Å². The average Bonchev–Trinajstić information content (AvgIpc) is 2.46. The molecule has 0 aliphatic rings. The van der Waals surface area contributed by atoms with Crippen molar-refractivity contribution < 1.29 is 9.84 Å². The summed E-state index contributed by atoms with van der Waals surface area (Å²) in [6.45, 7) is 1.89. The molecule has 0 fully saturated rings. The molecule has 5 heteroatoms. The third kappa shape index (κ3) is 2.86. The van der Waals surface area contributed by atoms with E-state index in [1.807, 2.05) is 6.92 Å². The van der Waals surface area contributed by atoms with Crippen LogP contribution in [0.4, 0.5) is 0 Å². The Bertz CT molecular complexity index is 666. The number of H-pyrrole nitrogens is 1. The molecule has 106 valence electrons. The first-order valence-corrected chi connectivity index (χ1v) is 6.69. The van der Waals surface area contributed by atoms with Crippen molar-refractivity contribution in [2.75, 3.05) is 7.11 Å². The molecule has 1 unspecified atom stereocenters. The molecule has 2 rings (SSSR count). The number of aromatic amines is 1. The molecule has 2 aromatic rings. The van der Waals surface area contributed by atoms with Gasteiger partial charge in [-0.15, -0.1) is 0 Å². The fraction of sp³-hybridized carbons (Fsp3) is 0.267. The molecule has 0 aliphatic heterocycles. The summed E-state index contributed by atoms with van der Waals surface area (Å²) in [5.74, 6) is 0.524. The molecule has 0 aliphatic carbocycles. The van der Waals surface area contributed by atoms with Crippen LogP contribution in [-0.2, 0) is 0 Å². The van der Waals surface area contributed by atoms with Crippen molar-refractivity contribution in [3.05, 3.63) is 51.4 Å². The lowest BCUT2D eigenvalue weighted by atomic mass is 9.95. The molecule has 4 nitrogen and oxygen atoms in total. The first-order chi connectivity index (χ1) is 9.56. The van der Waals surface area contributed by atoms with Crippen molar-refractivity contribution in [1.82, 2.24) is 4.98 Å². The molecular formula is C15H16ClNO3. The van der Waals surface area contributed by atoms with Gasteiger partial charge in [-0.05, 0) is 29.7 Å². The van der Waals surface area contributed by atoms with E-state index in [0.29, 0.717) is 28.3 Å². The van der Waals surface area contributed by atoms with Gasteiger partial charge >= 0.3 is 0 Å². The number of aliphatic hydroxyl groups excluding tert-OH is 1. The van der Waals surface area contributed by atoms with Gasteiger partial charge in [0.1, 0.15) is 5.75 Å². The highest BCUT2D eigenvalue weighted by atomic mass is 35.5. The average molecular weight is 294 g/mol. The van der Waals surface area contributed by atoms with Gasteiger partial charge in [0.15, 0.2) is 0 Å². The van der Waals surface area contributed by atoms with E-state index in [4.69, 9.17) is 16.3 Å². The van der Waals surface area contributed by atoms with Crippen LogP contribution in [0.5, 0.6) is 5.75 Å². The molecule has 0 amide bonds. The molecule has 20 heavy (non-hydrogen) atoms. The van der Waals surface area contributed by atoms with Crippen LogP contribution < -0.4 is 10.3 Å². The number of pyridine rings is 1. The molecule has 1 aromatic carbocycles. The molecule has 1 heterocycles. The number of hydrogen-bond acceptors (Lipinski definition) is 3. The number of aromatic nitrogens is 1. The number of hydrogen-bond donors (Lipinski definition) is 2. The minimum absolute atomic E-state index is 0.238. The molecule has 1 atom stereocenters. The Morgan fingerprint density at radius 1 is 1.35 bits per heavy atom. The summed E-state index contributed by atoms with van der Waals surface area (Å²) in [6.07, 6.45) is 1.45. The van der Waals surface area contributed by atoms with Crippen LogP contribution in [0.2, 0.25) is 5.02 Å². The number of halogens is 1. The van der Waals surface area contributed by atoms with Gasteiger partial charge in [0.2, 0.25) is 5.56 Å². The lowest BCUT2D eigenvalue weighted by Crippen LogP contribution is -2.06. The molecule has 0 radical (unpaired) electrons. The van der Waals surface area contributed by atoms with Crippen molar-refractivity contribution in [3.63, 3.8) is 0 Å². The predicted molar refractivity (Wildman–Crippen MR) is 79.3 cm³/mol. The van der Waals surface area contributed by atoms with Gasteiger partial charge in [0.25, 0.3) is 0 Å². The minimum atomic E-state index is -0.619. The normalized spacial score (nSPS) is 12.2. The first-order valence-electron chi connectivity index (χ1n) is 6.31. The van der Waals surface area contributed by atoms with E-state index in [0.717, 1.165) is 5.56 Å². The number of benzene rings is 1. The number of ether oxygens (including phenoxy) is 1. The fourth-order valence-electron chi connectivity index (χ4n) is 2.11. The Morgan fingerprint density at radius 2 is 2.10 bits per heavy atom. The summed E-state index contributed by atoms with van der Waals surface area (Å²) in [6, 6.07) is 6.66. The topological polar surface area (TPSA) is 62.3 Å². The zero-order valence-corrected chi connectivity index (χ0v) is 12.1. The van der Waals surface area contributed by atoms with Gasteiger partial charge in [-0.3, -0.25) is 4.79 Å². The number of methoxy groups -OCH3 is 1. The van der Waals surface area contributed by atoms with Crippen molar-refractivity contribution in [2.24, 2.45) is 0 Å². The SMILES string of the molecule is CCC(O)c1ccc(Cl)cc1-c1cc(=O)[nH]cc1OC. The summed E-state index contributed by atoms with van der Waals surface area (Å²) in [7, 11) is 1.53. The summed E-state index contributed by atoms with van der Waals surface area (Å²) < 4.78 is 5.27.